The predicted octanol–water partition coefficient (Wildman–Crippen LogP) is 3.01. The van der Waals surface area contributed by atoms with Gasteiger partial charge in [0.2, 0.25) is 0 Å². The van der Waals surface area contributed by atoms with Gasteiger partial charge in [-0.1, -0.05) is 32.1 Å². The third-order valence-corrected chi connectivity index (χ3v) is 3.79. The van der Waals surface area contributed by atoms with E-state index in [2.05, 4.69) is 37.6 Å². The summed E-state index contributed by atoms with van der Waals surface area (Å²) in [4.78, 5) is 4.62. The molecular formula is C15H26N2. The topological polar surface area (TPSA) is 38.4 Å². The minimum absolute atomic E-state index is 0.300. The van der Waals surface area contributed by atoms with Crippen LogP contribution in [0, 0.1) is 23.7 Å². The Morgan fingerprint density at radius 1 is 1.47 bits per heavy atom. The standard InChI is InChI=1S/C15H26N2/c1-5-6-7-12(2)17-11-9-14-8-10-15(4,16)13(14)3/h13-14H,5-7,9,11,16H2,1-4H3/t13?,14?,15-/m0/s1. The zero-order chi connectivity index (χ0) is 12.9. The van der Waals surface area contributed by atoms with Crippen LogP contribution in [0.15, 0.2) is 4.99 Å². The number of aliphatic imine (C=N–C) groups is 1. The van der Waals surface area contributed by atoms with Gasteiger partial charge in [0.15, 0.2) is 0 Å². The summed E-state index contributed by atoms with van der Waals surface area (Å²) in [6, 6.07) is 0. The van der Waals surface area contributed by atoms with E-state index < -0.39 is 0 Å². The molecule has 0 aliphatic heterocycles. The normalized spacial score (nSPS) is 32.4. The van der Waals surface area contributed by atoms with Crippen molar-refractivity contribution in [1.29, 1.82) is 0 Å². The molecule has 2 heteroatoms. The molecule has 17 heavy (non-hydrogen) atoms. The molecule has 3 atom stereocenters. The molecule has 0 saturated heterocycles. The van der Waals surface area contributed by atoms with Gasteiger partial charge in [0, 0.05) is 18.2 Å². The SMILES string of the molecule is CCCCC(C)=NCCC1C#C[C@](C)(N)C1C. The van der Waals surface area contributed by atoms with E-state index in [0.717, 1.165) is 19.4 Å². The molecule has 0 heterocycles. The van der Waals surface area contributed by atoms with E-state index in [4.69, 9.17) is 5.73 Å². The molecule has 2 unspecified atom stereocenters. The van der Waals surface area contributed by atoms with Crippen molar-refractivity contribution in [1.82, 2.24) is 0 Å². The average molecular weight is 234 g/mol. The number of unbranched alkanes of at least 4 members (excludes halogenated alkanes) is 1. The molecular weight excluding hydrogens is 208 g/mol. The number of nitrogens with zero attached hydrogens (tertiary/aromatic N) is 1. The lowest BCUT2D eigenvalue weighted by Crippen LogP contribution is -2.41. The summed E-state index contributed by atoms with van der Waals surface area (Å²) in [7, 11) is 0. The number of rotatable bonds is 6. The van der Waals surface area contributed by atoms with E-state index in [-0.39, 0.29) is 5.54 Å². The van der Waals surface area contributed by atoms with E-state index in [9.17, 15) is 0 Å². The first-order valence-corrected chi connectivity index (χ1v) is 6.79. The van der Waals surface area contributed by atoms with Crippen LogP contribution in [-0.2, 0) is 0 Å². The average Bonchev–Trinajstić information content (AvgIpc) is 2.53. The van der Waals surface area contributed by atoms with E-state index in [1.54, 1.807) is 0 Å². The predicted molar refractivity (Wildman–Crippen MR) is 75.1 cm³/mol. The maximum absolute atomic E-state index is 6.10. The zero-order valence-electron chi connectivity index (χ0n) is 11.7. The number of hydrogen-bond acceptors (Lipinski definition) is 2. The van der Waals surface area contributed by atoms with Gasteiger partial charge in [0.25, 0.3) is 0 Å². The van der Waals surface area contributed by atoms with Crippen molar-refractivity contribution in [3.8, 4) is 11.8 Å². The molecule has 1 rings (SSSR count). The van der Waals surface area contributed by atoms with Crippen LogP contribution in [0.4, 0.5) is 0 Å². The quantitative estimate of drug-likeness (QED) is 0.557. The lowest BCUT2D eigenvalue weighted by Gasteiger charge is -2.25. The Morgan fingerprint density at radius 2 is 2.18 bits per heavy atom. The van der Waals surface area contributed by atoms with Crippen molar-refractivity contribution >= 4 is 5.71 Å². The summed E-state index contributed by atoms with van der Waals surface area (Å²) in [6.07, 6.45) is 4.67. The highest BCUT2D eigenvalue weighted by Crippen LogP contribution is 2.29. The third-order valence-electron chi connectivity index (χ3n) is 3.79. The largest absolute Gasteiger partial charge is 0.315 e. The maximum atomic E-state index is 6.10. The molecule has 0 aromatic heterocycles. The summed E-state index contributed by atoms with van der Waals surface area (Å²) < 4.78 is 0. The smallest absolute Gasteiger partial charge is 0.0785 e. The summed E-state index contributed by atoms with van der Waals surface area (Å²) in [5, 5.41) is 0. The van der Waals surface area contributed by atoms with Gasteiger partial charge in [-0.25, -0.2) is 0 Å². The second kappa shape index (κ2) is 6.21. The molecule has 96 valence electrons. The van der Waals surface area contributed by atoms with Crippen LogP contribution in [-0.4, -0.2) is 17.8 Å². The van der Waals surface area contributed by atoms with Gasteiger partial charge < -0.3 is 5.73 Å². The van der Waals surface area contributed by atoms with Gasteiger partial charge in [0.1, 0.15) is 0 Å². The fraction of sp³-hybridized carbons (Fsp3) is 0.800. The molecule has 0 radical (unpaired) electrons. The van der Waals surface area contributed by atoms with E-state index in [1.807, 2.05) is 6.92 Å². The van der Waals surface area contributed by atoms with Crippen LogP contribution < -0.4 is 5.73 Å². The van der Waals surface area contributed by atoms with Crippen LogP contribution >= 0.6 is 0 Å². The van der Waals surface area contributed by atoms with Gasteiger partial charge in [0.05, 0.1) is 5.54 Å². The van der Waals surface area contributed by atoms with Crippen molar-refractivity contribution in [3.63, 3.8) is 0 Å². The summed E-state index contributed by atoms with van der Waals surface area (Å²) >= 11 is 0. The van der Waals surface area contributed by atoms with Crippen LogP contribution in [0.25, 0.3) is 0 Å². The van der Waals surface area contributed by atoms with Crippen molar-refractivity contribution in [3.05, 3.63) is 0 Å². The molecule has 1 aliphatic rings. The molecule has 2 nitrogen and oxygen atoms in total. The molecule has 0 spiro atoms. The van der Waals surface area contributed by atoms with Crippen LogP contribution in [0.2, 0.25) is 0 Å². The highest BCUT2D eigenvalue weighted by Gasteiger charge is 2.34. The molecule has 0 saturated carbocycles. The van der Waals surface area contributed by atoms with E-state index in [1.165, 1.54) is 18.6 Å². The van der Waals surface area contributed by atoms with Crippen molar-refractivity contribution in [2.45, 2.75) is 58.9 Å². The molecule has 0 aromatic rings. The summed E-state index contributed by atoms with van der Waals surface area (Å²) in [6.45, 7) is 9.46. The summed E-state index contributed by atoms with van der Waals surface area (Å²) in [5.74, 6) is 7.27. The van der Waals surface area contributed by atoms with Crippen LogP contribution in [0.3, 0.4) is 0 Å². The third kappa shape index (κ3) is 4.16. The van der Waals surface area contributed by atoms with Gasteiger partial charge >= 0.3 is 0 Å². The fourth-order valence-corrected chi connectivity index (χ4v) is 2.13. The second-order valence-electron chi connectivity index (χ2n) is 5.46. The van der Waals surface area contributed by atoms with Crippen molar-refractivity contribution in [2.75, 3.05) is 6.54 Å². The highest BCUT2D eigenvalue weighted by molar-refractivity contribution is 5.81. The Morgan fingerprint density at radius 3 is 2.71 bits per heavy atom. The maximum Gasteiger partial charge on any atom is 0.0785 e. The first-order valence-electron chi connectivity index (χ1n) is 6.79. The molecule has 0 amide bonds. The Bertz CT molecular complexity index is 331. The van der Waals surface area contributed by atoms with Gasteiger partial charge in [-0.05, 0) is 39.0 Å². The Hall–Kier alpha value is -0.810. The van der Waals surface area contributed by atoms with E-state index >= 15 is 0 Å². The van der Waals surface area contributed by atoms with Gasteiger partial charge in [-0.2, -0.15) is 0 Å². The van der Waals surface area contributed by atoms with Gasteiger partial charge in [-0.15, -0.1) is 0 Å². The molecule has 1 aliphatic carbocycles. The van der Waals surface area contributed by atoms with Crippen molar-refractivity contribution in [2.24, 2.45) is 22.6 Å². The first-order chi connectivity index (χ1) is 7.97. The Balaban J connectivity index is 2.32. The van der Waals surface area contributed by atoms with Crippen molar-refractivity contribution < 1.29 is 0 Å². The minimum atomic E-state index is -0.300. The second-order valence-corrected chi connectivity index (χ2v) is 5.46. The highest BCUT2D eigenvalue weighted by atomic mass is 14.8. The Kier molecular flexibility index (Phi) is 5.21. The molecule has 0 fully saturated rings. The van der Waals surface area contributed by atoms with Gasteiger partial charge in [-0.3, -0.25) is 4.99 Å². The summed E-state index contributed by atoms with van der Waals surface area (Å²) in [5.41, 5.74) is 7.08. The number of nitrogens with two attached hydrogens (primary N) is 1. The first kappa shape index (κ1) is 14.3. The number of hydrogen-bond donors (Lipinski definition) is 1. The minimum Gasteiger partial charge on any atom is -0.315 e. The lowest BCUT2D eigenvalue weighted by atomic mass is 9.83. The van der Waals surface area contributed by atoms with Crippen LogP contribution in [0.5, 0.6) is 0 Å². The van der Waals surface area contributed by atoms with Crippen LogP contribution in [0.1, 0.15) is 53.4 Å². The molecule has 0 aromatic carbocycles. The molecule has 2 N–H and O–H groups in total. The Labute approximate surface area is 106 Å². The zero-order valence-corrected chi connectivity index (χ0v) is 11.7. The molecule has 0 bridgehead atoms. The fourth-order valence-electron chi connectivity index (χ4n) is 2.13. The monoisotopic (exact) mass is 234 g/mol. The van der Waals surface area contributed by atoms with E-state index in [0.29, 0.717) is 11.8 Å². The lowest BCUT2D eigenvalue weighted by molar-refractivity contribution is 0.331.